The lowest BCUT2D eigenvalue weighted by Crippen LogP contribution is -2.54. The van der Waals surface area contributed by atoms with Gasteiger partial charge in [0.05, 0.1) is 35.1 Å². The van der Waals surface area contributed by atoms with Gasteiger partial charge in [0, 0.05) is 5.92 Å². The van der Waals surface area contributed by atoms with Crippen LogP contribution in [0.5, 0.6) is 0 Å². The van der Waals surface area contributed by atoms with Crippen molar-refractivity contribution >= 4 is 29.8 Å². The van der Waals surface area contributed by atoms with E-state index in [4.69, 9.17) is 4.74 Å². The Labute approximate surface area is 196 Å². The van der Waals surface area contributed by atoms with Gasteiger partial charge >= 0.3 is 5.97 Å². The van der Waals surface area contributed by atoms with Gasteiger partial charge in [-0.1, -0.05) is 54.6 Å². The smallest absolute Gasteiger partial charge is 0.338 e. The van der Waals surface area contributed by atoms with Gasteiger partial charge in [-0.15, -0.1) is 0 Å². The first-order valence-electron chi connectivity index (χ1n) is 11.3. The number of hydrogen-bond donors (Lipinski definition) is 0. The van der Waals surface area contributed by atoms with Crippen LogP contribution in [0.25, 0.3) is 0 Å². The van der Waals surface area contributed by atoms with Crippen LogP contribution in [0.15, 0.2) is 72.8 Å². The van der Waals surface area contributed by atoms with Crippen LogP contribution in [0, 0.1) is 11.8 Å². The van der Waals surface area contributed by atoms with Crippen molar-refractivity contribution < 1.29 is 23.9 Å². The number of esters is 1. The minimum atomic E-state index is -1.24. The second-order valence-corrected chi connectivity index (χ2v) is 8.93. The van der Waals surface area contributed by atoms with Crippen LogP contribution in [0.1, 0.15) is 45.5 Å². The Morgan fingerprint density at radius 1 is 0.941 bits per heavy atom. The molecule has 4 aliphatic rings. The molecule has 1 aliphatic heterocycles. The SMILES string of the molecule is CCOC(=O)c1cccc(N2C(=O)[C@@H]3C4c5ccccc5C(C=O)(c5ccccc54)[C@H]3C2=O)c1. The van der Waals surface area contributed by atoms with Crippen molar-refractivity contribution in [1.29, 1.82) is 0 Å². The van der Waals surface area contributed by atoms with Crippen LogP contribution < -0.4 is 4.90 Å². The minimum absolute atomic E-state index is 0.217. The zero-order valence-electron chi connectivity index (χ0n) is 18.4. The lowest BCUT2D eigenvalue weighted by molar-refractivity contribution is -0.128. The molecule has 2 atom stereocenters. The molecule has 7 rings (SSSR count). The lowest BCUT2D eigenvalue weighted by Gasteiger charge is -2.51. The van der Waals surface area contributed by atoms with Crippen LogP contribution in [-0.2, 0) is 24.5 Å². The van der Waals surface area contributed by atoms with Crippen LogP contribution in [0.3, 0.4) is 0 Å². The highest BCUT2D eigenvalue weighted by molar-refractivity contribution is 6.25. The normalized spacial score (nSPS) is 26.0. The van der Waals surface area contributed by atoms with Crippen molar-refractivity contribution in [2.45, 2.75) is 18.3 Å². The Kier molecular flexibility index (Phi) is 4.36. The van der Waals surface area contributed by atoms with E-state index < -0.39 is 29.1 Å². The highest BCUT2D eigenvalue weighted by Gasteiger charge is 2.68. The molecule has 0 aromatic heterocycles. The summed E-state index contributed by atoms with van der Waals surface area (Å²) >= 11 is 0. The number of aldehydes is 1. The quantitative estimate of drug-likeness (QED) is 0.344. The highest BCUT2D eigenvalue weighted by atomic mass is 16.5. The number of benzene rings is 3. The molecule has 0 unspecified atom stereocenters. The molecule has 1 saturated heterocycles. The van der Waals surface area contributed by atoms with Gasteiger partial charge in [-0.05, 0) is 47.4 Å². The van der Waals surface area contributed by atoms with Crippen molar-refractivity contribution in [3.63, 3.8) is 0 Å². The minimum Gasteiger partial charge on any atom is -0.462 e. The molecule has 0 spiro atoms. The summed E-state index contributed by atoms with van der Waals surface area (Å²) in [4.78, 5) is 54.3. The molecular weight excluding hydrogens is 430 g/mol. The first kappa shape index (κ1) is 20.5. The van der Waals surface area contributed by atoms with Gasteiger partial charge < -0.3 is 9.53 Å². The molecule has 3 aromatic rings. The summed E-state index contributed by atoms with van der Waals surface area (Å²) in [5.41, 5.74) is 2.73. The maximum Gasteiger partial charge on any atom is 0.338 e. The number of rotatable bonds is 4. The predicted molar refractivity (Wildman–Crippen MR) is 123 cm³/mol. The molecule has 0 N–H and O–H groups in total. The summed E-state index contributed by atoms with van der Waals surface area (Å²) in [6, 6.07) is 21.6. The topological polar surface area (TPSA) is 80.8 Å². The molecular formula is C28H21NO5. The van der Waals surface area contributed by atoms with Crippen molar-refractivity contribution in [3.05, 3.63) is 101 Å². The summed E-state index contributed by atoms with van der Waals surface area (Å²) < 4.78 is 5.08. The number of carbonyl (C=O) groups is 4. The van der Waals surface area contributed by atoms with E-state index >= 15 is 0 Å². The van der Waals surface area contributed by atoms with Crippen molar-refractivity contribution in [2.75, 3.05) is 11.5 Å². The van der Waals surface area contributed by atoms with Gasteiger partial charge in [0.2, 0.25) is 11.8 Å². The number of amides is 2. The molecule has 1 fully saturated rings. The summed E-state index contributed by atoms with van der Waals surface area (Å²) in [5.74, 6) is -3.17. The largest absolute Gasteiger partial charge is 0.462 e. The van der Waals surface area contributed by atoms with Crippen LogP contribution in [0.4, 0.5) is 5.69 Å². The molecule has 168 valence electrons. The zero-order chi connectivity index (χ0) is 23.6. The zero-order valence-corrected chi connectivity index (χ0v) is 18.4. The van der Waals surface area contributed by atoms with Crippen molar-refractivity contribution in [3.8, 4) is 0 Å². The monoisotopic (exact) mass is 451 g/mol. The number of ether oxygens (including phenoxy) is 1. The Bertz CT molecular complexity index is 1350. The third-order valence-corrected chi connectivity index (χ3v) is 7.49. The molecule has 1 heterocycles. The maximum absolute atomic E-state index is 14.0. The van der Waals surface area contributed by atoms with E-state index in [1.165, 1.54) is 6.07 Å². The Hall–Kier alpha value is -4.06. The second kappa shape index (κ2) is 7.22. The number of hydrogen-bond acceptors (Lipinski definition) is 5. The number of nitrogens with zero attached hydrogens (tertiary/aromatic N) is 1. The van der Waals surface area contributed by atoms with Crippen molar-refractivity contribution in [2.24, 2.45) is 11.8 Å². The number of carbonyl (C=O) groups excluding carboxylic acids is 4. The fourth-order valence-corrected chi connectivity index (χ4v) is 6.27. The van der Waals surface area contributed by atoms with Crippen LogP contribution in [-0.4, -0.2) is 30.7 Å². The van der Waals surface area contributed by atoms with Gasteiger partial charge in [-0.2, -0.15) is 0 Å². The third kappa shape index (κ3) is 2.40. The van der Waals surface area contributed by atoms with Gasteiger partial charge in [-0.3, -0.25) is 9.59 Å². The van der Waals surface area contributed by atoms with Gasteiger partial charge in [0.15, 0.2) is 0 Å². The van der Waals surface area contributed by atoms with E-state index in [0.29, 0.717) is 5.69 Å². The van der Waals surface area contributed by atoms with Gasteiger partial charge in [-0.25, -0.2) is 9.69 Å². The maximum atomic E-state index is 14.0. The number of anilines is 1. The third-order valence-electron chi connectivity index (χ3n) is 7.49. The molecule has 3 aliphatic carbocycles. The Morgan fingerprint density at radius 2 is 1.59 bits per heavy atom. The van der Waals surface area contributed by atoms with Gasteiger partial charge in [0.25, 0.3) is 0 Å². The van der Waals surface area contributed by atoms with E-state index in [9.17, 15) is 19.2 Å². The molecule has 6 nitrogen and oxygen atoms in total. The van der Waals surface area contributed by atoms with E-state index in [0.717, 1.165) is 33.4 Å². The average molecular weight is 451 g/mol. The van der Waals surface area contributed by atoms with Crippen LogP contribution >= 0.6 is 0 Å². The second-order valence-electron chi connectivity index (χ2n) is 8.93. The molecule has 2 bridgehead atoms. The molecule has 34 heavy (non-hydrogen) atoms. The molecule has 3 aromatic carbocycles. The summed E-state index contributed by atoms with van der Waals surface area (Å²) in [6.45, 7) is 1.93. The number of imide groups is 1. The standard InChI is InChI=1S/C28H21NO5/c1-2-34-27(33)16-8-7-9-17(14-16)29-25(31)23-22-18-10-3-5-12-20(18)28(15-30,24(23)26(29)32)21-13-6-4-11-19(21)22/h3-15,22-24H,2H2,1H3/t22?,23-,24-,28?/m1/s1. The van der Waals surface area contributed by atoms with E-state index in [1.54, 1.807) is 25.1 Å². The van der Waals surface area contributed by atoms with E-state index in [2.05, 4.69) is 0 Å². The summed E-state index contributed by atoms with van der Waals surface area (Å²) in [5, 5.41) is 0. The molecule has 2 amide bonds. The Balaban J connectivity index is 1.55. The van der Waals surface area contributed by atoms with E-state index in [-0.39, 0.29) is 24.0 Å². The van der Waals surface area contributed by atoms with E-state index in [1.807, 2.05) is 48.5 Å². The fourth-order valence-electron chi connectivity index (χ4n) is 6.27. The summed E-state index contributed by atoms with van der Waals surface area (Å²) in [6.07, 6.45) is 0.849. The van der Waals surface area contributed by atoms with Gasteiger partial charge in [0.1, 0.15) is 6.29 Å². The Morgan fingerprint density at radius 3 is 2.21 bits per heavy atom. The summed E-state index contributed by atoms with van der Waals surface area (Å²) in [7, 11) is 0. The fraction of sp³-hybridized carbons (Fsp3) is 0.214. The highest BCUT2D eigenvalue weighted by Crippen LogP contribution is 2.63. The lowest BCUT2D eigenvalue weighted by atomic mass is 9.48. The average Bonchev–Trinajstić information content (AvgIpc) is 3.15. The van der Waals surface area contributed by atoms with Crippen molar-refractivity contribution in [1.82, 2.24) is 0 Å². The molecule has 0 radical (unpaired) electrons. The molecule has 0 saturated carbocycles. The predicted octanol–water partition coefficient (Wildman–Crippen LogP) is 3.61. The molecule has 6 heteroatoms. The first-order valence-corrected chi connectivity index (χ1v) is 11.3. The first-order chi connectivity index (χ1) is 16.5. The van der Waals surface area contributed by atoms with Crippen LogP contribution in [0.2, 0.25) is 0 Å².